The number of carbonyl (C=O) groups is 3. The number of carboxylic acid groups (broad SMARTS) is 2. The summed E-state index contributed by atoms with van der Waals surface area (Å²) >= 11 is 0. The lowest BCUT2D eigenvalue weighted by molar-refractivity contribution is -0.157. The van der Waals surface area contributed by atoms with Gasteiger partial charge in [-0.25, -0.2) is 0 Å². The van der Waals surface area contributed by atoms with E-state index in [0.717, 1.165) is 38.5 Å². The number of hydrogen-bond donors (Lipinski definition) is 2. The highest BCUT2D eigenvalue weighted by Gasteiger charge is 2.35. The highest BCUT2D eigenvalue weighted by molar-refractivity contribution is 5.94. The van der Waals surface area contributed by atoms with Gasteiger partial charge in [0.1, 0.15) is 5.78 Å². The number of ketones is 1. The van der Waals surface area contributed by atoms with Crippen molar-refractivity contribution in [1.29, 1.82) is 0 Å². The van der Waals surface area contributed by atoms with Gasteiger partial charge in [-0.1, -0.05) is 57.8 Å². The third-order valence-electron chi connectivity index (χ3n) is 4.77. The normalized spacial score (nSPS) is 23.0. The maximum absolute atomic E-state index is 12.1. The van der Waals surface area contributed by atoms with E-state index in [1.54, 1.807) is 0 Å². The quantitative estimate of drug-likeness (QED) is 0.764. The van der Waals surface area contributed by atoms with Crippen molar-refractivity contribution in [2.45, 2.75) is 83.5 Å². The molecule has 1 aliphatic rings. The summed E-state index contributed by atoms with van der Waals surface area (Å²) in [7, 11) is 0. The monoisotopic (exact) mass is 326 g/mol. The average Bonchev–Trinajstić information content (AvgIpc) is 2.47. The van der Waals surface area contributed by atoms with Crippen LogP contribution in [0.5, 0.6) is 0 Å². The average molecular weight is 326 g/mol. The van der Waals surface area contributed by atoms with Crippen molar-refractivity contribution in [3.05, 3.63) is 0 Å². The molecule has 0 aliphatic heterocycles. The van der Waals surface area contributed by atoms with E-state index in [1.165, 1.54) is 25.7 Å². The first-order valence-corrected chi connectivity index (χ1v) is 8.99. The van der Waals surface area contributed by atoms with E-state index in [9.17, 15) is 24.6 Å². The molecule has 5 nitrogen and oxygen atoms in total. The van der Waals surface area contributed by atoms with Gasteiger partial charge in [0, 0.05) is 12.8 Å². The summed E-state index contributed by atoms with van der Waals surface area (Å²) in [4.78, 5) is 34.6. The molecule has 23 heavy (non-hydrogen) atoms. The molecule has 5 heteroatoms. The Hall–Kier alpha value is -1.39. The minimum Gasteiger partial charge on any atom is -0.481 e. The molecular weight excluding hydrogens is 296 g/mol. The van der Waals surface area contributed by atoms with Crippen LogP contribution in [0.25, 0.3) is 0 Å². The second-order valence-electron chi connectivity index (χ2n) is 6.73. The Kier molecular flexibility index (Phi) is 9.57. The fourth-order valence-electron chi connectivity index (χ4n) is 3.43. The van der Waals surface area contributed by atoms with Crippen molar-refractivity contribution in [1.82, 2.24) is 0 Å². The lowest BCUT2D eigenvalue weighted by Gasteiger charge is -2.20. The van der Waals surface area contributed by atoms with E-state index in [4.69, 9.17) is 0 Å². The van der Waals surface area contributed by atoms with E-state index in [-0.39, 0.29) is 12.2 Å². The second kappa shape index (κ2) is 11.2. The molecule has 2 N–H and O–H groups in total. The lowest BCUT2D eigenvalue weighted by atomic mass is 9.83. The summed E-state index contributed by atoms with van der Waals surface area (Å²) in [6.07, 6.45) is 11.8. The predicted molar refractivity (Wildman–Crippen MR) is 87.3 cm³/mol. The molecule has 0 radical (unpaired) electrons. The molecule has 132 valence electrons. The van der Waals surface area contributed by atoms with Gasteiger partial charge in [0.2, 0.25) is 0 Å². The second-order valence-corrected chi connectivity index (χ2v) is 6.73. The van der Waals surface area contributed by atoms with Crippen molar-refractivity contribution >= 4 is 17.7 Å². The van der Waals surface area contributed by atoms with E-state index < -0.39 is 23.8 Å². The first-order chi connectivity index (χ1) is 11.0. The lowest BCUT2D eigenvalue weighted by Crippen LogP contribution is -2.32. The fraction of sp³-hybridized carbons (Fsp3) is 0.833. The fourth-order valence-corrected chi connectivity index (χ4v) is 3.43. The third kappa shape index (κ3) is 8.14. The van der Waals surface area contributed by atoms with Gasteiger partial charge in [-0.15, -0.1) is 0 Å². The Morgan fingerprint density at radius 1 is 0.783 bits per heavy atom. The van der Waals surface area contributed by atoms with Gasteiger partial charge >= 0.3 is 11.9 Å². The topological polar surface area (TPSA) is 91.7 Å². The van der Waals surface area contributed by atoms with Crippen LogP contribution >= 0.6 is 0 Å². The van der Waals surface area contributed by atoms with Crippen LogP contribution in [0.2, 0.25) is 0 Å². The zero-order valence-corrected chi connectivity index (χ0v) is 14.0. The van der Waals surface area contributed by atoms with Crippen LogP contribution in [0.4, 0.5) is 0 Å². The van der Waals surface area contributed by atoms with Crippen molar-refractivity contribution in [2.75, 3.05) is 0 Å². The van der Waals surface area contributed by atoms with Gasteiger partial charge in [-0.3, -0.25) is 14.4 Å². The van der Waals surface area contributed by atoms with Crippen molar-refractivity contribution in [2.24, 2.45) is 11.8 Å². The number of carboxylic acids is 2. The van der Waals surface area contributed by atoms with Gasteiger partial charge in [0.05, 0.1) is 0 Å². The number of carbonyl (C=O) groups excluding carboxylic acids is 1. The zero-order valence-electron chi connectivity index (χ0n) is 14.0. The molecule has 0 saturated heterocycles. The van der Waals surface area contributed by atoms with Crippen LogP contribution in [-0.2, 0) is 14.4 Å². The van der Waals surface area contributed by atoms with E-state index >= 15 is 0 Å². The van der Waals surface area contributed by atoms with Crippen LogP contribution in [0.3, 0.4) is 0 Å². The molecular formula is C18H30O5. The summed E-state index contributed by atoms with van der Waals surface area (Å²) in [5.74, 6) is -4.68. The minimum absolute atomic E-state index is 0.0115. The van der Waals surface area contributed by atoms with Crippen molar-refractivity contribution in [3.63, 3.8) is 0 Å². The number of hydrogen-bond acceptors (Lipinski definition) is 3. The molecule has 1 atom stereocenters. The number of rotatable bonds is 3. The molecule has 0 heterocycles. The van der Waals surface area contributed by atoms with Gasteiger partial charge < -0.3 is 10.2 Å². The molecule has 1 rings (SSSR count). The van der Waals surface area contributed by atoms with Crippen molar-refractivity contribution in [3.8, 4) is 0 Å². The first kappa shape index (κ1) is 19.7. The van der Waals surface area contributed by atoms with Gasteiger partial charge in [-0.2, -0.15) is 0 Å². The maximum atomic E-state index is 12.1. The molecule has 1 saturated carbocycles. The highest BCUT2D eigenvalue weighted by Crippen LogP contribution is 2.26. The van der Waals surface area contributed by atoms with E-state index in [0.29, 0.717) is 12.8 Å². The molecule has 0 bridgehead atoms. The number of aliphatic carboxylic acids is 2. The Balaban J connectivity index is 2.68. The zero-order chi connectivity index (χ0) is 17.1. The third-order valence-corrected chi connectivity index (χ3v) is 4.77. The molecule has 0 aromatic rings. The summed E-state index contributed by atoms with van der Waals surface area (Å²) in [6, 6.07) is 0. The Labute approximate surface area is 138 Å². The minimum atomic E-state index is -1.46. The SMILES string of the molecule is O=C1CCCCCCCCCCCC[C@H](C(C(=O)O)C(=O)O)C1. The van der Waals surface area contributed by atoms with Crippen LogP contribution in [-0.4, -0.2) is 27.9 Å². The van der Waals surface area contributed by atoms with Gasteiger partial charge in [-0.05, 0) is 18.8 Å². The van der Waals surface area contributed by atoms with E-state index in [1.807, 2.05) is 0 Å². The molecule has 1 fully saturated rings. The number of Topliss-reactive ketones (excluding diaryl/α,β-unsaturated/α-hetero) is 1. The van der Waals surface area contributed by atoms with Crippen LogP contribution < -0.4 is 0 Å². The Bertz CT molecular complexity index is 377. The highest BCUT2D eigenvalue weighted by atomic mass is 16.4. The van der Waals surface area contributed by atoms with Crippen molar-refractivity contribution < 1.29 is 24.6 Å². The molecule has 0 unspecified atom stereocenters. The summed E-state index contributed by atoms with van der Waals surface area (Å²) in [5.41, 5.74) is 0. The van der Waals surface area contributed by atoms with Crippen LogP contribution in [0, 0.1) is 11.8 Å². The van der Waals surface area contributed by atoms with Gasteiger partial charge in [0.15, 0.2) is 5.92 Å². The molecule has 0 aromatic carbocycles. The largest absolute Gasteiger partial charge is 0.481 e. The molecule has 1 aliphatic carbocycles. The molecule has 0 aromatic heterocycles. The van der Waals surface area contributed by atoms with Crippen LogP contribution in [0.15, 0.2) is 0 Å². The maximum Gasteiger partial charge on any atom is 0.318 e. The summed E-state index contributed by atoms with van der Waals surface area (Å²) < 4.78 is 0. The smallest absolute Gasteiger partial charge is 0.318 e. The molecule has 0 spiro atoms. The summed E-state index contributed by atoms with van der Waals surface area (Å²) in [5, 5.41) is 18.4. The Morgan fingerprint density at radius 2 is 1.22 bits per heavy atom. The Morgan fingerprint density at radius 3 is 1.70 bits per heavy atom. The van der Waals surface area contributed by atoms with Gasteiger partial charge in [0.25, 0.3) is 0 Å². The standard InChI is InChI=1S/C18H30O5/c19-15-12-10-8-6-4-2-1-3-5-7-9-11-14(13-15)16(17(20)21)18(22)23/h14,16H,1-13H2,(H,20,21)(H,22,23)/t14-/m0/s1. The van der Waals surface area contributed by atoms with E-state index in [2.05, 4.69) is 0 Å². The predicted octanol–water partition coefficient (Wildman–Crippen LogP) is 4.04. The molecule has 0 amide bonds. The summed E-state index contributed by atoms with van der Waals surface area (Å²) in [6.45, 7) is 0. The first-order valence-electron chi connectivity index (χ1n) is 8.99. The van der Waals surface area contributed by atoms with Crippen LogP contribution in [0.1, 0.15) is 83.5 Å².